The molecule has 2 aliphatic rings. The molecule has 8 heteroatoms. The predicted molar refractivity (Wildman–Crippen MR) is 93.3 cm³/mol. The van der Waals surface area contributed by atoms with Gasteiger partial charge in [-0.2, -0.15) is 10.3 Å². The fraction of sp³-hybridized carbons (Fsp3) is 0.438. The summed E-state index contributed by atoms with van der Waals surface area (Å²) in [5, 5.41) is 9.09. The molecular weight excluding hydrogens is 346 g/mol. The molecule has 2 unspecified atom stereocenters. The summed E-state index contributed by atoms with van der Waals surface area (Å²) >= 11 is 1.35. The van der Waals surface area contributed by atoms with Crippen LogP contribution < -0.4 is 0 Å². The number of hydrogen-bond acceptors (Lipinski definition) is 5. The van der Waals surface area contributed by atoms with Crippen molar-refractivity contribution in [2.24, 2.45) is 4.99 Å². The molecule has 0 spiro atoms. The van der Waals surface area contributed by atoms with Crippen molar-refractivity contribution in [3.05, 3.63) is 35.9 Å². The Bertz CT molecular complexity index is 800. The van der Waals surface area contributed by atoms with Crippen LogP contribution in [0.1, 0.15) is 12.0 Å². The van der Waals surface area contributed by atoms with E-state index in [1.165, 1.54) is 11.8 Å². The highest BCUT2D eigenvalue weighted by Crippen LogP contribution is 2.38. The molecule has 2 heterocycles. The number of hydrogen-bond donors (Lipinski definition) is 0. The Morgan fingerprint density at radius 3 is 2.79 bits per heavy atom. The lowest BCUT2D eigenvalue weighted by molar-refractivity contribution is -0.116. The van der Waals surface area contributed by atoms with E-state index >= 15 is 0 Å². The van der Waals surface area contributed by atoms with Crippen LogP contribution in [-0.2, 0) is 21.1 Å². The zero-order valence-corrected chi connectivity index (χ0v) is 14.6. The van der Waals surface area contributed by atoms with Gasteiger partial charge in [-0.05, 0) is 12.0 Å². The number of nitriles is 1. The molecule has 2 aliphatic heterocycles. The van der Waals surface area contributed by atoms with Gasteiger partial charge in [0.2, 0.25) is 0 Å². The van der Waals surface area contributed by atoms with Gasteiger partial charge in [-0.1, -0.05) is 42.1 Å². The van der Waals surface area contributed by atoms with Crippen LogP contribution in [0.4, 0.5) is 0 Å². The average Bonchev–Trinajstić information content (AvgIpc) is 2.98. The summed E-state index contributed by atoms with van der Waals surface area (Å²) in [6.45, 7) is 0.604. The minimum Gasteiger partial charge on any atom is -0.346 e. The van der Waals surface area contributed by atoms with E-state index in [0.717, 1.165) is 12.0 Å². The third kappa shape index (κ3) is 3.79. The van der Waals surface area contributed by atoms with Gasteiger partial charge in [0, 0.05) is 11.8 Å². The van der Waals surface area contributed by atoms with E-state index in [9.17, 15) is 13.2 Å². The van der Waals surface area contributed by atoms with Gasteiger partial charge in [0.05, 0.1) is 23.6 Å². The van der Waals surface area contributed by atoms with Crippen LogP contribution in [0, 0.1) is 11.3 Å². The Kier molecular flexibility index (Phi) is 4.92. The zero-order valence-electron chi connectivity index (χ0n) is 13.0. The lowest BCUT2D eigenvalue weighted by Gasteiger charge is -2.24. The molecule has 1 aromatic carbocycles. The minimum absolute atomic E-state index is 0.0839. The van der Waals surface area contributed by atoms with Crippen molar-refractivity contribution in [3.63, 3.8) is 0 Å². The van der Waals surface area contributed by atoms with Crippen LogP contribution in [0.5, 0.6) is 0 Å². The molecule has 0 radical (unpaired) electrons. The number of thioether (sulfide) groups is 1. The van der Waals surface area contributed by atoms with Crippen molar-refractivity contribution < 1.29 is 13.2 Å². The van der Waals surface area contributed by atoms with Crippen molar-refractivity contribution in [2.45, 2.75) is 24.1 Å². The lowest BCUT2D eigenvalue weighted by atomic mass is 10.1. The fourth-order valence-electron chi connectivity index (χ4n) is 3.01. The number of nitrogens with zero attached hydrogens (tertiary/aromatic N) is 3. The first-order valence-corrected chi connectivity index (χ1v) is 10.3. The lowest BCUT2D eigenvalue weighted by Crippen LogP contribution is -2.39. The third-order valence-corrected chi connectivity index (χ3v) is 7.36. The molecule has 126 valence electrons. The Labute approximate surface area is 145 Å². The zero-order chi connectivity index (χ0) is 17.2. The molecule has 0 N–H and O–H groups in total. The second kappa shape index (κ2) is 6.95. The van der Waals surface area contributed by atoms with Gasteiger partial charge in [-0.25, -0.2) is 8.42 Å². The first-order valence-electron chi connectivity index (χ1n) is 7.64. The molecule has 2 atom stereocenters. The van der Waals surface area contributed by atoms with Gasteiger partial charge in [0.15, 0.2) is 15.0 Å². The number of rotatable bonds is 4. The van der Waals surface area contributed by atoms with E-state index < -0.39 is 15.7 Å². The summed E-state index contributed by atoms with van der Waals surface area (Å²) < 4.78 is 23.8. The van der Waals surface area contributed by atoms with Crippen LogP contribution in [0.3, 0.4) is 0 Å². The first-order chi connectivity index (χ1) is 11.5. The molecule has 3 rings (SSSR count). The first kappa shape index (κ1) is 17.0. The monoisotopic (exact) mass is 363 g/mol. The van der Waals surface area contributed by atoms with Crippen LogP contribution in [-0.4, -0.2) is 53.7 Å². The Hall–Kier alpha value is -1.85. The van der Waals surface area contributed by atoms with Crippen LogP contribution in [0.15, 0.2) is 35.3 Å². The molecular formula is C16H17N3O3S2. The van der Waals surface area contributed by atoms with E-state index in [0.29, 0.717) is 11.7 Å². The van der Waals surface area contributed by atoms with Crippen molar-refractivity contribution >= 4 is 32.7 Å². The maximum Gasteiger partial charge on any atom is 0.262 e. The third-order valence-electron chi connectivity index (χ3n) is 4.11. The summed E-state index contributed by atoms with van der Waals surface area (Å²) in [5.74, 6) is -0.256. The Morgan fingerprint density at radius 1 is 1.33 bits per heavy atom. The number of amidine groups is 1. The number of amides is 1. The van der Waals surface area contributed by atoms with Gasteiger partial charge in [-0.3, -0.25) is 4.79 Å². The van der Waals surface area contributed by atoms with Crippen molar-refractivity contribution in [3.8, 4) is 6.07 Å². The molecule has 2 fully saturated rings. The van der Waals surface area contributed by atoms with E-state index in [1.54, 1.807) is 6.07 Å². The number of carbonyl (C=O) groups is 1. The van der Waals surface area contributed by atoms with E-state index in [2.05, 4.69) is 4.99 Å². The average molecular weight is 363 g/mol. The number of benzene rings is 1. The highest BCUT2D eigenvalue weighted by molar-refractivity contribution is 8.15. The molecule has 6 nitrogen and oxygen atoms in total. The molecule has 0 aromatic heterocycles. The maximum atomic E-state index is 11.9. The predicted octanol–water partition coefficient (Wildman–Crippen LogP) is 1.24. The molecule has 0 aliphatic carbocycles. The molecule has 0 saturated carbocycles. The summed E-state index contributed by atoms with van der Waals surface area (Å²) in [5.41, 5.74) is 1.15. The normalized spacial score (nSPS) is 26.3. The smallest absolute Gasteiger partial charge is 0.262 e. The largest absolute Gasteiger partial charge is 0.346 e. The second-order valence-electron chi connectivity index (χ2n) is 5.85. The quantitative estimate of drug-likeness (QED) is 0.799. The number of aliphatic imine (C=N–C) groups is 1. The molecule has 24 heavy (non-hydrogen) atoms. The van der Waals surface area contributed by atoms with E-state index in [1.807, 2.05) is 35.2 Å². The molecule has 2 saturated heterocycles. The highest BCUT2D eigenvalue weighted by atomic mass is 32.2. The Balaban J connectivity index is 1.79. The van der Waals surface area contributed by atoms with Gasteiger partial charge in [0.25, 0.3) is 5.91 Å². The van der Waals surface area contributed by atoms with Crippen LogP contribution >= 0.6 is 11.8 Å². The van der Waals surface area contributed by atoms with Gasteiger partial charge in [-0.15, -0.1) is 0 Å². The molecule has 0 bridgehead atoms. The van der Waals surface area contributed by atoms with E-state index in [-0.39, 0.29) is 29.2 Å². The number of carbonyl (C=O) groups excluding carboxylic acids is 1. The maximum absolute atomic E-state index is 11.9. The van der Waals surface area contributed by atoms with Crippen molar-refractivity contribution in [2.75, 3.05) is 18.1 Å². The van der Waals surface area contributed by atoms with Crippen LogP contribution in [0.25, 0.3) is 0 Å². The van der Waals surface area contributed by atoms with Gasteiger partial charge in [0.1, 0.15) is 6.42 Å². The van der Waals surface area contributed by atoms with Crippen molar-refractivity contribution in [1.82, 2.24) is 4.90 Å². The molecule has 1 amide bonds. The number of fused-ring (bicyclic) bond motifs is 1. The summed E-state index contributed by atoms with van der Waals surface area (Å²) in [6.07, 6.45) is 0.486. The topological polar surface area (TPSA) is 90.6 Å². The van der Waals surface area contributed by atoms with Gasteiger partial charge < -0.3 is 4.90 Å². The minimum atomic E-state index is -3.04. The van der Waals surface area contributed by atoms with Crippen LogP contribution in [0.2, 0.25) is 0 Å². The van der Waals surface area contributed by atoms with E-state index in [4.69, 9.17) is 5.26 Å². The highest BCUT2D eigenvalue weighted by Gasteiger charge is 2.48. The summed E-state index contributed by atoms with van der Waals surface area (Å²) in [4.78, 5) is 17.7. The second-order valence-corrected chi connectivity index (χ2v) is 9.21. The molecule has 1 aromatic rings. The SMILES string of the molecule is N#CCC(=O)N=C1SC2CS(=O)(=O)CC2N1CCc1ccccc1. The standard InChI is InChI=1S/C16H17N3O3S2/c17-8-6-15(20)18-16-19(9-7-12-4-2-1-3-5-12)13-10-24(21,22)11-14(13)23-16/h1-5,13-14H,6-7,9-11H2. The van der Waals surface area contributed by atoms with Gasteiger partial charge >= 0.3 is 0 Å². The Morgan fingerprint density at radius 2 is 2.08 bits per heavy atom. The van der Waals surface area contributed by atoms with Crippen molar-refractivity contribution in [1.29, 1.82) is 5.26 Å². The summed E-state index contributed by atoms with van der Waals surface area (Å²) in [7, 11) is -3.04. The summed E-state index contributed by atoms with van der Waals surface area (Å²) in [6, 6.07) is 11.6. The number of sulfone groups is 1. The fourth-order valence-corrected chi connectivity index (χ4v) is 7.00.